The van der Waals surface area contributed by atoms with Gasteiger partial charge in [0.1, 0.15) is 0 Å². The smallest absolute Gasteiger partial charge is 0.170 e. The minimum atomic E-state index is -0.304. The second kappa shape index (κ2) is 6.97. The molecule has 0 unspecified atom stereocenters. The van der Waals surface area contributed by atoms with Gasteiger partial charge in [-0.15, -0.1) is 0 Å². The molecule has 2 fully saturated rings. The van der Waals surface area contributed by atoms with Gasteiger partial charge in [-0.05, 0) is 22.8 Å². The number of nitriles is 1. The molecule has 0 saturated carbocycles. The molecule has 2 heterocycles. The maximum absolute atomic E-state index is 9.26. The van der Waals surface area contributed by atoms with Gasteiger partial charge in [0.05, 0.1) is 24.8 Å². The third-order valence-electron chi connectivity index (χ3n) is 5.15. The van der Waals surface area contributed by atoms with E-state index in [2.05, 4.69) is 35.2 Å². The van der Waals surface area contributed by atoms with Crippen molar-refractivity contribution in [2.45, 2.75) is 25.2 Å². The van der Waals surface area contributed by atoms with Crippen molar-refractivity contribution in [1.82, 2.24) is 4.90 Å². The topological polar surface area (TPSA) is 45.5 Å². The highest BCUT2D eigenvalue weighted by Gasteiger charge is 2.39. The minimum Gasteiger partial charge on any atom is -0.347 e. The Bertz CT molecular complexity index is 763. The number of hydrogen-bond acceptors (Lipinski definition) is 4. The maximum Gasteiger partial charge on any atom is 0.170 e. The second-order valence-corrected chi connectivity index (χ2v) is 6.74. The Kier molecular flexibility index (Phi) is 4.54. The van der Waals surface area contributed by atoms with Gasteiger partial charge >= 0.3 is 0 Å². The zero-order chi connectivity index (χ0) is 17.1. The van der Waals surface area contributed by atoms with Crippen LogP contribution < -0.4 is 0 Å². The van der Waals surface area contributed by atoms with Crippen LogP contribution in [-0.2, 0) is 16.0 Å². The van der Waals surface area contributed by atoms with Crippen molar-refractivity contribution < 1.29 is 9.47 Å². The molecule has 4 heteroatoms. The highest BCUT2D eigenvalue weighted by molar-refractivity contribution is 5.70. The lowest BCUT2D eigenvalue weighted by Crippen LogP contribution is -2.44. The third-order valence-corrected chi connectivity index (χ3v) is 5.15. The van der Waals surface area contributed by atoms with Gasteiger partial charge in [-0.1, -0.05) is 42.5 Å². The number of ether oxygens (including phenoxy) is 2. The molecule has 1 spiro atoms. The van der Waals surface area contributed by atoms with E-state index >= 15 is 0 Å². The summed E-state index contributed by atoms with van der Waals surface area (Å²) in [7, 11) is 0. The molecule has 128 valence electrons. The van der Waals surface area contributed by atoms with Crippen LogP contribution in [0, 0.1) is 11.3 Å². The summed E-state index contributed by atoms with van der Waals surface area (Å²) in [5.74, 6) is -0.304. The van der Waals surface area contributed by atoms with Crippen LogP contribution >= 0.6 is 0 Å². The van der Waals surface area contributed by atoms with Crippen LogP contribution in [0.1, 0.15) is 24.0 Å². The lowest BCUT2D eigenvalue weighted by Gasteiger charge is -2.37. The average molecular weight is 334 g/mol. The predicted octanol–water partition coefficient (Wildman–Crippen LogP) is 3.56. The van der Waals surface area contributed by atoms with E-state index in [4.69, 9.17) is 9.47 Å². The summed E-state index contributed by atoms with van der Waals surface area (Å²) < 4.78 is 11.6. The number of nitrogens with zero attached hydrogens (tertiary/aromatic N) is 2. The van der Waals surface area contributed by atoms with Crippen molar-refractivity contribution in [2.24, 2.45) is 0 Å². The Hall–Kier alpha value is -2.19. The Morgan fingerprint density at radius 1 is 0.960 bits per heavy atom. The highest BCUT2D eigenvalue weighted by atomic mass is 16.7. The van der Waals surface area contributed by atoms with Gasteiger partial charge in [0.15, 0.2) is 5.79 Å². The van der Waals surface area contributed by atoms with E-state index in [9.17, 15) is 5.26 Å². The Morgan fingerprint density at radius 2 is 1.64 bits per heavy atom. The normalized spacial score (nSPS) is 19.8. The SMILES string of the molecule is N#Cc1ccccc1-c1ccc(CN2CCC3(CC2)OCCO3)cc1. The van der Waals surface area contributed by atoms with Crippen molar-refractivity contribution in [1.29, 1.82) is 5.26 Å². The Balaban J connectivity index is 1.41. The van der Waals surface area contributed by atoms with Crippen LogP contribution in [0.2, 0.25) is 0 Å². The molecule has 0 radical (unpaired) electrons. The van der Waals surface area contributed by atoms with E-state index < -0.39 is 0 Å². The van der Waals surface area contributed by atoms with E-state index in [0.717, 1.165) is 56.8 Å². The first-order valence-corrected chi connectivity index (χ1v) is 8.87. The van der Waals surface area contributed by atoms with Crippen LogP contribution in [0.4, 0.5) is 0 Å². The Morgan fingerprint density at radius 3 is 2.32 bits per heavy atom. The number of benzene rings is 2. The van der Waals surface area contributed by atoms with Crippen molar-refractivity contribution in [3.63, 3.8) is 0 Å². The molecule has 0 aromatic heterocycles. The van der Waals surface area contributed by atoms with Crippen molar-refractivity contribution in [2.75, 3.05) is 26.3 Å². The van der Waals surface area contributed by atoms with Crippen LogP contribution in [0.25, 0.3) is 11.1 Å². The Labute approximate surface area is 148 Å². The van der Waals surface area contributed by atoms with E-state index in [-0.39, 0.29) is 5.79 Å². The van der Waals surface area contributed by atoms with E-state index in [1.54, 1.807) is 0 Å². The predicted molar refractivity (Wildman–Crippen MR) is 95.7 cm³/mol. The van der Waals surface area contributed by atoms with Gasteiger partial charge in [-0.3, -0.25) is 4.90 Å². The summed E-state index contributed by atoms with van der Waals surface area (Å²) in [6, 6.07) is 18.5. The largest absolute Gasteiger partial charge is 0.347 e. The number of hydrogen-bond donors (Lipinski definition) is 0. The van der Waals surface area contributed by atoms with E-state index in [1.165, 1.54) is 5.56 Å². The summed E-state index contributed by atoms with van der Waals surface area (Å²) in [5.41, 5.74) is 4.09. The van der Waals surface area contributed by atoms with Crippen LogP contribution in [0.15, 0.2) is 48.5 Å². The summed E-state index contributed by atoms with van der Waals surface area (Å²) in [4.78, 5) is 2.45. The summed E-state index contributed by atoms with van der Waals surface area (Å²) in [5, 5.41) is 9.26. The van der Waals surface area contributed by atoms with Crippen molar-refractivity contribution in [3.05, 3.63) is 59.7 Å². The van der Waals surface area contributed by atoms with E-state index in [0.29, 0.717) is 5.56 Å². The number of likely N-dealkylation sites (tertiary alicyclic amines) is 1. The fourth-order valence-electron chi connectivity index (χ4n) is 3.72. The average Bonchev–Trinajstić information content (AvgIpc) is 3.13. The number of piperidine rings is 1. The molecule has 4 nitrogen and oxygen atoms in total. The first kappa shape index (κ1) is 16.3. The van der Waals surface area contributed by atoms with Gasteiger partial charge in [-0.25, -0.2) is 0 Å². The van der Waals surface area contributed by atoms with Gasteiger partial charge in [0.25, 0.3) is 0 Å². The lowest BCUT2D eigenvalue weighted by atomic mass is 9.99. The van der Waals surface area contributed by atoms with Crippen molar-refractivity contribution in [3.8, 4) is 17.2 Å². The molecule has 0 aliphatic carbocycles. The first-order valence-electron chi connectivity index (χ1n) is 8.87. The minimum absolute atomic E-state index is 0.304. The molecule has 2 aromatic rings. The van der Waals surface area contributed by atoms with Crippen LogP contribution in [-0.4, -0.2) is 37.0 Å². The summed E-state index contributed by atoms with van der Waals surface area (Å²) >= 11 is 0. The van der Waals surface area contributed by atoms with Gasteiger partial charge < -0.3 is 9.47 Å². The van der Waals surface area contributed by atoms with Crippen molar-refractivity contribution >= 4 is 0 Å². The standard InChI is InChI=1S/C21H22N2O2/c22-15-19-3-1-2-4-20(19)18-7-5-17(6-8-18)16-23-11-9-21(10-12-23)24-13-14-25-21/h1-8H,9-14,16H2. The van der Waals surface area contributed by atoms with Gasteiger partial charge in [0.2, 0.25) is 0 Å². The molecule has 2 aliphatic rings. The molecule has 25 heavy (non-hydrogen) atoms. The quantitative estimate of drug-likeness (QED) is 0.861. The van der Waals surface area contributed by atoms with Gasteiger partial charge in [-0.2, -0.15) is 5.26 Å². The molecule has 2 aliphatic heterocycles. The molecular weight excluding hydrogens is 312 g/mol. The summed E-state index contributed by atoms with van der Waals surface area (Å²) in [6.45, 7) is 4.39. The second-order valence-electron chi connectivity index (χ2n) is 6.74. The highest BCUT2D eigenvalue weighted by Crippen LogP contribution is 2.32. The maximum atomic E-state index is 9.26. The first-order chi connectivity index (χ1) is 12.3. The molecule has 0 bridgehead atoms. The fourth-order valence-corrected chi connectivity index (χ4v) is 3.72. The van der Waals surface area contributed by atoms with Gasteiger partial charge in [0, 0.05) is 32.5 Å². The zero-order valence-electron chi connectivity index (χ0n) is 14.3. The van der Waals surface area contributed by atoms with E-state index in [1.807, 2.05) is 24.3 Å². The molecule has 4 rings (SSSR count). The summed E-state index contributed by atoms with van der Waals surface area (Å²) in [6.07, 6.45) is 1.89. The molecule has 0 N–H and O–H groups in total. The third kappa shape index (κ3) is 3.45. The molecular formula is C21H22N2O2. The number of rotatable bonds is 3. The zero-order valence-corrected chi connectivity index (χ0v) is 14.3. The fraction of sp³-hybridized carbons (Fsp3) is 0.381. The monoisotopic (exact) mass is 334 g/mol. The molecule has 2 aromatic carbocycles. The van der Waals surface area contributed by atoms with Crippen LogP contribution in [0.3, 0.4) is 0 Å². The molecule has 0 amide bonds. The molecule has 2 saturated heterocycles. The molecule has 0 atom stereocenters. The van der Waals surface area contributed by atoms with Crippen LogP contribution in [0.5, 0.6) is 0 Å². The lowest BCUT2D eigenvalue weighted by molar-refractivity contribution is -0.185.